The second-order valence-electron chi connectivity index (χ2n) is 5.99. The molecule has 0 heterocycles. The zero-order valence-electron chi connectivity index (χ0n) is 15.4. The van der Waals surface area contributed by atoms with Crippen molar-refractivity contribution in [1.82, 2.24) is 0 Å². The second-order valence-corrected chi connectivity index (χ2v) is 7.70. The molecule has 13 heteroatoms. The van der Waals surface area contributed by atoms with E-state index in [4.69, 9.17) is 5.21 Å². The Morgan fingerprint density at radius 1 is 0.806 bits per heavy atom. The molecule has 0 aliphatic carbocycles. The summed E-state index contributed by atoms with van der Waals surface area (Å²) in [6, 6.07) is 4.45. The highest BCUT2D eigenvalue weighted by molar-refractivity contribution is 9.10. The maximum atomic E-state index is 13.4. The van der Waals surface area contributed by atoms with Gasteiger partial charge < -0.3 is 5.21 Å². The van der Waals surface area contributed by atoms with Gasteiger partial charge >= 0.3 is 12.4 Å². The molecular formula is C18H11Br2F8NO2. The molecule has 0 spiro atoms. The summed E-state index contributed by atoms with van der Waals surface area (Å²) in [6.07, 6.45) is -9.98. The Morgan fingerprint density at radius 3 is 1.55 bits per heavy atom. The molecule has 3 nitrogen and oxygen atoms in total. The zero-order chi connectivity index (χ0) is 24.3. The van der Waals surface area contributed by atoms with E-state index in [0.717, 1.165) is 12.1 Å². The smallest absolute Gasteiger partial charge is 0.410 e. The van der Waals surface area contributed by atoms with Crippen LogP contribution in [0.15, 0.2) is 38.4 Å². The van der Waals surface area contributed by atoms with E-state index < -0.39 is 46.6 Å². The summed E-state index contributed by atoms with van der Waals surface area (Å²) >= 11 is 5.52. The Morgan fingerprint density at radius 2 is 1.19 bits per heavy atom. The number of aryl methyl sites for hydroxylation is 2. The summed E-state index contributed by atoms with van der Waals surface area (Å²) in [5, 5.41) is 10.4. The van der Waals surface area contributed by atoms with E-state index in [1.165, 1.54) is 26.0 Å². The standard InChI is InChI=1S/C9H6BrF4NO.C9H5BrF4O/c1-4-2-5(7(11)6(10)3-4)8(15-16)9(12,13)14;1-4-2-5(7(11)6(10)3-4)8(15)9(12,13)14/h2-3,16H,1H3;2-3H,1H3. The summed E-state index contributed by atoms with van der Waals surface area (Å²) in [5.74, 6) is -4.48. The summed E-state index contributed by atoms with van der Waals surface area (Å²) in [4.78, 5) is 10.8. The Hall–Kier alpha value is -2.02. The molecule has 0 amide bonds. The third kappa shape index (κ3) is 6.99. The topological polar surface area (TPSA) is 49.7 Å². The van der Waals surface area contributed by atoms with Crippen molar-refractivity contribution in [1.29, 1.82) is 0 Å². The first-order valence-corrected chi connectivity index (χ1v) is 9.41. The number of rotatable bonds is 2. The number of Topliss-reactive ketones (excluding diaryl/α,β-unsaturated/α-hetero) is 1. The van der Waals surface area contributed by atoms with Gasteiger partial charge in [-0.05, 0) is 81.1 Å². The Kier molecular flexibility index (Phi) is 8.77. The molecule has 0 aromatic heterocycles. The summed E-state index contributed by atoms with van der Waals surface area (Å²) in [6.45, 7) is 2.97. The van der Waals surface area contributed by atoms with Crippen LogP contribution >= 0.6 is 31.9 Å². The quantitative estimate of drug-likeness (QED) is 0.133. The Bertz CT molecular complexity index is 1020. The highest BCUT2D eigenvalue weighted by Crippen LogP contribution is 2.29. The molecule has 0 bridgehead atoms. The average Bonchev–Trinajstić information content (AvgIpc) is 2.60. The van der Waals surface area contributed by atoms with E-state index in [-0.39, 0.29) is 8.95 Å². The van der Waals surface area contributed by atoms with Crippen LogP contribution in [0.3, 0.4) is 0 Å². The molecule has 0 saturated heterocycles. The lowest BCUT2D eigenvalue weighted by Crippen LogP contribution is -2.25. The number of carbonyl (C=O) groups is 1. The fraction of sp³-hybridized carbons (Fsp3) is 0.222. The molecule has 0 aliphatic heterocycles. The van der Waals surface area contributed by atoms with Gasteiger partial charge in [0.2, 0.25) is 0 Å². The largest absolute Gasteiger partial charge is 0.454 e. The maximum Gasteiger partial charge on any atom is 0.454 e. The van der Waals surface area contributed by atoms with Crippen LogP contribution in [0.5, 0.6) is 0 Å². The van der Waals surface area contributed by atoms with Gasteiger partial charge in [-0.1, -0.05) is 5.16 Å². The number of hydrogen-bond acceptors (Lipinski definition) is 3. The van der Waals surface area contributed by atoms with E-state index in [0.29, 0.717) is 11.1 Å². The van der Waals surface area contributed by atoms with Crippen LogP contribution in [0.2, 0.25) is 0 Å². The second kappa shape index (κ2) is 10.1. The van der Waals surface area contributed by atoms with Gasteiger partial charge in [0.1, 0.15) is 11.6 Å². The van der Waals surface area contributed by atoms with E-state index >= 15 is 0 Å². The third-order valence-corrected chi connectivity index (χ3v) is 4.62. The zero-order valence-corrected chi connectivity index (χ0v) is 18.6. The lowest BCUT2D eigenvalue weighted by molar-refractivity contribution is -0.0887. The van der Waals surface area contributed by atoms with Crippen LogP contribution in [-0.2, 0) is 0 Å². The minimum atomic E-state index is -5.06. The molecule has 0 radical (unpaired) electrons. The van der Waals surface area contributed by atoms with E-state index in [1.54, 1.807) is 0 Å². The predicted octanol–water partition coefficient (Wildman–Crippen LogP) is 7.28. The minimum Gasteiger partial charge on any atom is -0.410 e. The number of halogens is 10. The highest BCUT2D eigenvalue weighted by Gasteiger charge is 2.41. The molecule has 2 aromatic rings. The van der Waals surface area contributed by atoms with Gasteiger partial charge in [-0.25, -0.2) is 8.78 Å². The number of hydrogen-bond donors (Lipinski definition) is 1. The number of oxime groups is 1. The van der Waals surface area contributed by atoms with Crippen molar-refractivity contribution in [2.45, 2.75) is 26.2 Å². The molecule has 2 rings (SSSR count). The number of carbonyl (C=O) groups excluding carboxylic acids is 1. The fourth-order valence-corrected chi connectivity index (χ4v) is 3.35. The van der Waals surface area contributed by atoms with Crippen molar-refractivity contribution in [2.75, 3.05) is 0 Å². The van der Waals surface area contributed by atoms with E-state index in [9.17, 15) is 39.9 Å². The van der Waals surface area contributed by atoms with E-state index in [2.05, 4.69) is 37.0 Å². The molecule has 0 atom stereocenters. The van der Waals surface area contributed by atoms with Crippen LogP contribution in [0.1, 0.15) is 27.0 Å². The Labute approximate surface area is 187 Å². The SMILES string of the molecule is Cc1cc(Br)c(F)c(C(=NO)C(F)(F)F)c1.Cc1cc(Br)c(F)c(C(=O)C(F)(F)F)c1. The van der Waals surface area contributed by atoms with Crippen molar-refractivity contribution in [3.63, 3.8) is 0 Å². The van der Waals surface area contributed by atoms with Crippen LogP contribution in [0, 0.1) is 25.5 Å². The van der Waals surface area contributed by atoms with Crippen molar-refractivity contribution in [3.05, 3.63) is 67.1 Å². The number of benzene rings is 2. The Balaban J connectivity index is 0.000000311. The molecule has 0 saturated carbocycles. The third-order valence-electron chi connectivity index (χ3n) is 3.47. The minimum absolute atomic E-state index is 0.118. The molecule has 170 valence electrons. The van der Waals surface area contributed by atoms with Crippen LogP contribution in [-0.4, -0.2) is 29.1 Å². The van der Waals surface area contributed by atoms with Gasteiger partial charge in [-0.2, -0.15) is 26.3 Å². The van der Waals surface area contributed by atoms with Crippen LogP contribution < -0.4 is 0 Å². The molecule has 1 N–H and O–H groups in total. The first-order chi connectivity index (χ1) is 14.0. The van der Waals surface area contributed by atoms with Crippen molar-refractivity contribution >= 4 is 43.4 Å². The van der Waals surface area contributed by atoms with E-state index in [1.807, 2.05) is 0 Å². The summed E-state index contributed by atoms with van der Waals surface area (Å²) < 4.78 is 99.6. The monoisotopic (exact) mass is 583 g/mol. The highest BCUT2D eigenvalue weighted by atomic mass is 79.9. The van der Waals surface area contributed by atoms with Gasteiger partial charge in [0.25, 0.3) is 5.78 Å². The number of ketones is 1. The number of nitrogens with zero attached hydrogens (tertiary/aromatic N) is 1. The lowest BCUT2D eigenvalue weighted by atomic mass is 10.1. The predicted molar refractivity (Wildman–Crippen MR) is 102 cm³/mol. The van der Waals surface area contributed by atoms with Crippen molar-refractivity contribution in [3.8, 4) is 0 Å². The molecular weight excluding hydrogens is 574 g/mol. The summed E-state index contributed by atoms with van der Waals surface area (Å²) in [7, 11) is 0. The molecule has 0 aliphatic rings. The fourth-order valence-electron chi connectivity index (χ4n) is 2.20. The molecule has 2 aromatic carbocycles. The van der Waals surface area contributed by atoms with Gasteiger partial charge in [-0.3, -0.25) is 4.79 Å². The maximum absolute atomic E-state index is 13.4. The molecule has 0 unspecified atom stereocenters. The first kappa shape index (κ1) is 27.0. The van der Waals surface area contributed by atoms with Crippen molar-refractivity contribution in [2.24, 2.45) is 5.16 Å². The molecule has 0 fully saturated rings. The van der Waals surface area contributed by atoms with Crippen molar-refractivity contribution < 1.29 is 45.1 Å². The van der Waals surface area contributed by atoms with Crippen LogP contribution in [0.4, 0.5) is 35.1 Å². The van der Waals surface area contributed by atoms with Gasteiger partial charge in [0.15, 0.2) is 5.71 Å². The average molecular weight is 585 g/mol. The molecule has 31 heavy (non-hydrogen) atoms. The van der Waals surface area contributed by atoms with Gasteiger partial charge in [-0.15, -0.1) is 0 Å². The van der Waals surface area contributed by atoms with Gasteiger partial charge in [0, 0.05) is 5.56 Å². The van der Waals surface area contributed by atoms with Gasteiger partial charge in [0.05, 0.1) is 14.5 Å². The first-order valence-electron chi connectivity index (χ1n) is 7.83. The normalized spacial score (nSPS) is 12.3. The summed E-state index contributed by atoms with van der Waals surface area (Å²) in [5.41, 5.74) is -2.63. The number of alkyl halides is 6. The van der Waals surface area contributed by atoms with Crippen LogP contribution in [0.25, 0.3) is 0 Å². The lowest BCUT2D eigenvalue weighted by Gasteiger charge is -2.11.